The summed E-state index contributed by atoms with van der Waals surface area (Å²) >= 11 is 5.54. The number of pyridine rings is 1. The minimum atomic E-state index is 0.763. The molecule has 0 bridgehead atoms. The van der Waals surface area contributed by atoms with E-state index in [1.165, 1.54) is 5.69 Å². The van der Waals surface area contributed by atoms with E-state index in [1.807, 2.05) is 36.7 Å². The van der Waals surface area contributed by atoms with Crippen molar-refractivity contribution in [3.8, 4) is 5.75 Å². The van der Waals surface area contributed by atoms with E-state index < -0.39 is 0 Å². The Morgan fingerprint density at radius 3 is 2.57 bits per heavy atom. The zero-order valence-electron chi connectivity index (χ0n) is 13.2. The van der Waals surface area contributed by atoms with Crippen LogP contribution in [0.5, 0.6) is 5.75 Å². The smallest absolute Gasteiger partial charge is 0.173 e. The number of nitrogens with one attached hydrogen (secondary N) is 2. The molecule has 5 nitrogen and oxygen atoms in total. The molecule has 23 heavy (non-hydrogen) atoms. The van der Waals surface area contributed by atoms with E-state index in [2.05, 4.69) is 32.2 Å². The number of benzene rings is 1. The first kappa shape index (κ1) is 15.6. The summed E-state index contributed by atoms with van der Waals surface area (Å²) in [5.74, 6) is 0.823. The Labute approximate surface area is 141 Å². The average molecular weight is 329 g/mol. The number of anilines is 2. The van der Waals surface area contributed by atoms with Gasteiger partial charge in [0.1, 0.15) is 5.75 Å². The molecule has 0 radical (unpaired) electrons. The molecule has 0 atom stereocenters. The molecule has 0 saturated carbocycles. The molecule has 1 fully saturated rings. The number of methoxy groups -OCH3 is 1. The molecule has 1 aliphatic rings. The van der Waals surface area contributed by atoms with Crippen molar-refractivity contribution in [2.75, 3.05) is 43.5 Å². The summed E-state index contributed by atoms with van der Waals surface area (Å²) in [5.41, 5.74) is 2.20. The Hall–Kier alpha value is -2.34. The van der Waals surface area contributed by atoms with Crippen molar-refractivity contribution >= 4 is 28.7 Å². The monoisotopic (exact) mass is 329 g/mol. The molecule has 6 heteroatoms. The highest BCUT2D eigenvalue weighted by Crippen LogP contribution is 2.18. The van der Waals surface area contributed by atoms with Gasteiger partial charge in [0.15, 0.2) is 17.5 Å². The molecule has 2 N–H and O–H groups in total. The summed E-state index contributed by atoms with van der Waals surface area (Å²) in [6.07, 6.45) is 3.91. The molecule has 1 aromatic carbocycles. The van der Waals surface area contributed by atoms with Crippen LogP contribution in [0.1, 0.15) is 0 Å². The molecule has 0 unspecified atom stereocenters. The predicted octanol–water partition coefficient (Wildman–Crippen LogP) is 2.03. The molecule has 120 valence electrons. The number of ether oxygens (including phenoxy) is 1. The Morgan fingerprint density at radius 1 is 1.13 bits per heavy atom. The van der Waals surface area contributed by atoms with Crippen molar-refractivity contribution in [3.63, 3.8) is 0 Å². The van der Waals surface area contributed by atoms with Gasteiger partial charge in [0.05, 0.1) is 7.11 Å². The van der Waals surface area contributed by atoms with Crippen LogP contribution in [0.3, 0.4) is 0 Å². The van der Waals surface area contributed by atoms with Gasteiger partial charge in [-0.1, -0.05) is 6.07 Å². The first-order valence-electron chi connectivity index (χ1n) is 7.67. The fourth-order valence-corrected chi connectivity index (χ4v) is 2.96. The Kier molecular flexibility index (Phi) is 4.92. The fourth-order valence-electron chi connectivity index (χ4n) is 2.66. The molecule has 3 rings (SSSR count). The van der Waals surface area contributed by atoms with E-state index in [1.54, 1.807) is 7.11 Å². The third-order valence-corrected chi connectivity index (χ3v) is 4.31. The van der Waals surface area contributed by atoms with E-state index in [-0.39, 0.29) is 0 Å². The van der Waals surface area contributed by atoms with Gasteiger partial charge in [-0.05, 0) is 24.4 Å². The lowest BCUT2D eigenvalue weighted by Crippen LogP contribution is -2.50. The van der Waals surface area contributed by atoms with E-state index in [9.17, 15) is 0 Å². The second-order valence-corrected chi connectivity index (χ2v) is 5.78. The third kappa shape index (κ3) is 3.90. The maximum absolute atomic E-state index is 5.54. The number of aromatic amines is 1. The Bertz CT molecular complexity index is 657. The number of hydrogen-bond acceptors (Lipinski definition) is 3. The van der Waals surface area contributed by atoms with Gasteiger partial charge in [0.2, 0.25) is 0 Å². The molecular formula is C17H21N4OS+. The van der Waals surface area contributed by atoms with Crippen molar-refractivity contribution in [1.29, 1.82) is 0 Å². The highest BCUT2D eigenvalue weighted by molar-refractivity contribution is 7.80. The van der Waals surface area contributed by atoms with Crippen LogP contribution in [0.4, 0.5) is 11.4 Å². The van der Waals surface area contributed by atoms with Gasteiger partial charge in [-0.25, -0.2) is 4.98 Å². The fraction of sp³-hybridized carbons (Fsp3) is 0.294. The summed E-state index contributed by atoms with van der Waals surface area (Å²) in [4.78, 5) is 7.64. The second kappa shape index (κ2) is 7.28. The van der Waals surface area contributed by atoms with Gasteiger partial charge in [0, 0.05) is 55.8 Å². The predicted molar refractivity (Wildman–Crippen MR) is 96.0 cm³/mol. The number of hydrogen-bond donors (Lipinski definition) is 1. The zero-order valence-corrected chi connectivity index (χ0v) is 14.0. The SMILES string of the molecule is COc1cccc(NC(=S)N2CCN(c3cc[nH+]cc3)CC2)c1. The van der Waals surface area contributed by atoms with Crippen LogP contribution in [-0.2, 0) is 0 Å². The summed E-state index contributed by atoms with van der Waals surface area (Å²) in [7, 11) is 1.66. The van der Waals surface area contributed by atoms with Crippen molar-refractivity contribution in [1.82, 2.24) is 4.90 Å². The minimum Gasteiger partial charge on any atom is -0.497 e. The summed E-state index contributed by atoms with van der Waals surface area (Å²) in [6.45, 7) is 3.75. The van der Waals surface area contributed by atoms with E-state index >= 15 is 0 Å². The van der Waals surface area contributed by atoms with Crippen LogP contribution in [0.2, 0.25) is 0 Å². The minimum absolute atomic E-state index is 0.763. The molecule has 0 amide bonds. The molecule has 1 aliphatic heterocycles. The van der Waals surface area contributed by atoms with Crippen LogP contribution < -0.4 is 19.9 Å². The summed E-state index contributed by atoms with van der Waals surface area (Å²) in [5, 5.41) is 4.06. The number of thiocarbonyl (C=S) groups is 1. The average Bonchev–Trinajstić information content (AvgIpc) is 2.63. The van der Waals surface area contributed by atoms with Gasteiger partial charge in [0.25, 0.3) is 0 Å². The third-order valence-electron chi connectivity index (χ3n) is 3.95. The maximum atomic E-state index is 5.54. The Balaban J connectivity index is 1.56. The van der Waals surface area contributed by atoms with Crippen LogP contribution >= 0.6 is 12.2 Å². The maximum Gasteiger partial charge on any atom is 0.173 e. The lowest BCUT2D eigenvalue weighted by molar-refractivity contribution is -0.377. The largest absolute Gasteiger partial charge is 0.497 e. The summed E-state index contributed by atoms with van der Waals surface area (Å²) < 4.78 is 5.24. The number of piperazine rings is 1. The summed E-state index contributed by atoms with van der Waals surface area (Å²) in [6, 6.07) is 12.0. The first-order chi connectivity index (χ1) is 11.3. The molecule has 1 aromatic heterocycles. The van der Waals surface area contributed by atoms with Gasteiger partial charge in [-0.2, -0.15) is 0 Å². The highest BCUT2D eigenvalue weighted by Gasteiger charge is 2.19. The molecule has 0 aliphatic carbocycles. The van der Waals surface area contributed by atoms with Crippen molar-refractivity contribution in [2.45, 2.75) is 0 Å². The van der Waals surface area contributed by atoms with Crippen molar-refractivity contribution < 1.29 is 9.72 Å². The zero-order chi connectivity index (χ0) is 16.1. The Morgan fingerprint density at radius 2 is 1.87 bits per heavy atom. The van der Waals surface area contributed by atoms with Crippen LogP contribution in [0.25, 0.3) is 0 Å². The molecule has 2 aromatic rings. The van der Waals surface area contributed by atoms with E-state index in [0.717, 1.165) is 42.7 Å². The number of nitrogens with zero attached hydrogens (tertiary/aromatic N) is 2. The van der Waals surface area contributed by atoms with Gasteiger partial charge >= 0.3 is 0 Å². The number of aromatic nitrogens is 1. The quantitative estimate of drug-likeness (QED) is 0.873. The van der Waals surface area contributed by atoms with E-state index in [4.69, 9.17) is 17.0 Å². The molecule has 1 saturated heterocycles. The van der Waals surface area contributed by atoms with Crippen molar-refractivity contribution in [2.24, 2.45) is 0 Å². The molecule has 2 heterocycles. The molecular weight excluding hydrogens is 308 g/mol. The molecule has 0 spiro atoms. The van der Waals surface area contributed by atoms with Gasteiger partial charge in [-0.15, -0.1) is 0 Å². The number of H-pyrrole nitrogens is 1. The standard InChI is InChI=1S/C17H20N4OS/c1-22-16-4-2-3-14(13-16)19-17(23)21-11-9-20(10-12-21)15-5-7-18-8-6-15/h2-8,13H,9-12H2,1H3,(H,19,23)/p+1. The van der Waals surface area contributed by atoms with Gasteiger partial charge in [-0.3, -0.25) is 0 Å². The van der Waals surface area contributed by atoms with Crippen LogP contribution in [0, 0.1) is 0 Å². The normalized spacial score (nSPS) is 14.5. The first-order valence-corrected chi connectivity index (χ1v) is 8.08. The van der Waals surface area contributed by atoms with Crippen LogP contribution in [-0.4, -0.2) is 43.3 Å². The van der Waals surface area contributed by atoms with Crippen molar-refractivity contribution in [3.05, 3.63) is 48.8 Å². The second-order valence-electron chi connectivity index (χ2n) is 5.39. The lowest BCUT2D eigenvalue weighted by atomic mass is 10.2. The number of rotatable bonds is 3. The highest BCUT2D eigenvalue weighted by atomic mass is 32.1. The topological polar surface area (TPSA) is 41.9 Å². The van der Waals surface area contributed by atoms with E-state index in [0.29, 0.717) is 0 Å². The lowest BCUT2D eigenvalue weighted by Gasteiger charge is -2.37. The van der Waals surface area contributed by atoms with Gasteiger partial charge < -0.3 is 19.9 Å². The van der Waals surface area contributed by atoms with Crippen LogP contribution in [0.15, 0.2) is 48.8 Å².